The summed E-state index contributed by atoms with van der Waals surface area (Å²) in [6, 6.07) is -0.200. The van der Waals surface area contributed by atoms with Crippen molar-refractivity contribution in [3.63, 3.8) is 0 Å². The Balaban J connectivity index is 2.58. The minimum Gasteiger partial charge on any atom is -0.369 e. The molecule has 106 valence electrons. The molecule has 19 heavy (non-hydrogen) atoms. The summed E-state index contributed by atoms with van der Waals surface area (Å²) in [5.74, 6) is 0.670. The highest BCUT2D eigenvalue weighted by Gasteiger charge is 2.22. The molecule has 0 fully saturated rings. The van der Waals surface area contributed by atoms with Crippen LogP contribution in [0.3, 0.4) is 0 Å². The Morgan fingerprint density at radius 3 is 2.63 bits per heavy atom. The fourth-order valence-corrected chi connectivity index (χ4v) is 2.15. The van der Waals surface area contributed by atoms with Crippen molar-refractivity contribution in [3.8, 4) is 0 Å². The smallest absolute Gasteiger partial charge is 0.230 e. The van der Waals surface area contributed by atoms with Gasteiger partial charge in [0.2, 0.25) is 11.8 Å². The zero-order valence-electron chi connectivity index (χ0n) is 11.3. The van der Waals surface area contributed by atoms with Gasteiger partial charge in [-0.25, -0.2) is 4.98 Å². The monoisotopic (exact) mass is 285 g/mol. The fourth-order valence-electron chi connectivity index (χ4n) is 1.58. The van der Waals surface area contributed by atoms with E-state index in [1.165, 1.54) is 18.1 Å². The SMILES string of the molecule is CC(C)[C@@H](NC(=O)CSCC(N)=O)c1ncnn1C. The summed E-state index contributed by atoms with van der Waals surface area (Å²) in [4.78, 5) is 26.6. The van der Waals surface area contributed by atoms with Crippen LogP contribution in [-0.2, 0) is 16.6 Å². The van der Waals surface area contributed by atoms with Crippen molar-refractivity contribution in [2.24, 2.45) is 18.7 Å². The molecule has 7 nitrogen and oxygen atoms in total. The normalized spacial score (nSPS) is 12.4. The Kier molecular flexibility index (Phi) is 5.81. The third-order valence-electron chi connectivity index (χ3n) is 2.49. The van der Waals surface area contributed by atoms with E-state index in [1.807, 2.05) is 13.8 Å². The molecule has 0 radical (unpaired) electrons. The average Bonchev–Trinajstić information content (AvgIpc) is 2.71. The van der Waals surface area contributed by atoms with Gasteiger partial charge in [-0.05, 0) is 5.92 Å². The second-order valence-corrected chi connectivity index (χ2v) is 5.48. The van der Waals surface area contributed by atoms with Gasteiger partial charge in [-0.15, -0.1) is 11.8 Å². The second-order valence-electron chi connectivity index (χ2n) is 4.49. The molecule has 0 bridgehead atoms. The van der Waals surface area contributed by atoms with Crippen molar-refractivity contribution in [1.29, 1.82) is 0 Å². The van der Waals surface area contributed by atoms with Crippen LogP contribution in [0, 0.1) is 5.92 Å². The minimum atomic E-state index is -0.425. The van der Waals surface area contributed by atoms with Gasteiger partial charge >= 0.3 is 0 Å². The summed E-state index contributed by atoms with van der Waals surface area (Å²) >= 11 is 1.20. The van der Waals surface area contributed by atoms with Crippen LogP contribution in [0.4, 0.5) is 0 Å². The topological polar surface area (TPSA) is 103 Å². The van der Waals surface area contributed by atoms with E-state index < -0.39 is 5.91 Å². The molecule has 1 aromatic rings. The van der Waals surface area contributed by atoms with Crippen molar-refractivity contribution < 1.29 is 9.59 Å². The molecule has 0 saturated heterocycles. The predicted octanol–water partition coefficient (Wildman–Crippen LogP) is -0.153. The van der Waals surface area contributed by atoms with E-state index in [0.717, 1.165) is 0 Å². The van der Waals surface area contributed by atoms with Gasteiger partial charge in [0.25, 0.3) is 0 Å². The van der Waals surface area contributed by atoms with Gasteiger partial charge in [0.15, 0.2) is 0 Å². The molecule has 0 saturated carbocycles. The number of amides is 2. The molecule has 1 aromatic heterocycles. The molecule has 0 unspecified atom stereocenters. The summed E-state index contributed by atoms with van der Waals surface area (Å²) in [7, 11) is 1.78. The van der Waals surface area contributed by atoms with Crippen molar-refractivity contribution in [2.75, 3.05) is 11.5 Å². The number of carbonyl (C=O) groups excluding carboxylic acids is 2. The zero-order valence-corrected chi connectivity index (χ0v) is 12.1. The highest BCUT2D eigenvalue weighted by atomic mass is 32.2. The van der Waals surface area contributed by atoms with Crippen LogP contribution in [-0.4, -0.2) is 38.1 Å². The molecule has 0 aliphatic heterocycles. The van der Waals surface area contributed by atoms with Gasteiger partial charge in [0, 0.05) is 7.05 Å². The maximum Gasteiger partial charge on any atom is 0.230 e. The number of thioether (sulfide) groups is 1. The third-order valence-corrected chi connectivity index (χ3v) is 3.44. The molecule has 0 aliphatic rings. The number of nitrogens with zero attached hydrogens (tertiary/aromatic N) is 3. The first-order valence-electron chi connectivity index (χ1n) is 5.91. The molecule has 2 amide bonds. The lowest BCUT2D eigenvalue weighted by atomic mass is 10.0. The first kappa shape index (κ1) is 15.5. The number of hydrogen-bond donors (Lipinski definition) is 2. The van der Waals surface area contributed by atoms with E-state index in [4.69, 9.17) is 5.73 Å². The Morgan fingerprint density at radius 2 is 2.16 bits per heavy atom. The van der Waals surface area contributed by atoms with Crippen LogP contribution in [0.2, 0.25) is 0 Å². The highest BCUT2D eigenvalue weighted by molar-refractivity contribution is 8.00. The van der Waals surface area contributed by atoms with E-state index in [-0.39, 0.29) is 29.4 Å². The van der Waals surface area contributed by atoms with Gasteiger partial charge in [-0.2, -0.15) is 5.10 Å². The Bertz CT molecular complexity index is 446. The number of carbonyl (C=O) groups is 2. The first-order valence-corrected chi connectivity index (χ1v) is 7.06. The van der Waals surface area contributed by atoms with Gasteiger partial charge in [0.05, 0.1) is 17.5 Å². The molecular weight excluding hydrogens is 266 g/mol. The Morgan fingerprint density at radius 1 is 1.47 bits per heavy atom. The van der Waals surface area contributed by atoms with Crippen molar-refractivity contribution in [2.45, 2.75) is 19.9 Å². The van der Waals surface area contributed by atoms with Crippen LogP contribution < -0.4 is 11.1 Å². The van der Waals surface area contributed by atoms with E-state index in [9.17, 15) is 9.59 Å². The maximum atomic E-state index is 11.8. The fraction of sp³-hybridized carbons (Fsp3) is 0.636. The van der Waals surface area contributed by atoms with Crippen molar-refractivity contribution in [1.82, 2.24) is 20.1 Å². The molecule has 0 spiro atoms. The maximum absolute atomic E-state index is 11.8. The molecule has 0 aliphatic carbocycles. The van der Waals surface area contributed by atoms with E-state index >= 15 is 0 Å². The average molecular weight is 285 g/mol. The number of primary amides is 1. The molecule has 1 rings (SSSR count). The van der Waals surface area contributed by atoms with Crippen molar-refractivity contribution in [3.05, 3.63) is 12.2 Å². The quantitative estimate of drug-likeness (QED) is 0.725. The van der Waals surface area contributed by atoms with E-state index in [0.29, 0.717) is 5.82 Å². The third kappa shape index (κ3) is 4.90. The summed E-state index contributed by atoms with van der Waals surface area (Å²) in [5, 5.41) is 6.90. The lowest BCUT2D eigenvalue weighted by molar-refractivity contribution is -0.119. The molecule has 1 heterocycles. The number of hydrogen-bond acceptors (Lipinski definition) is 5. The van der Waals surface area contributed by atoms with Crippen LogP contribution in [0.25, 0.3) is 0 Å². The van der Waals surface area contributed by atoms with Gasteiger partial charge in [-0.1, -0.05) is 13.8 Å². The van der Waals surface area contributed by atoms with Crippen LogP contribution in [0.15, 0.2) is 6.33 Å². The van der Waals surface area contributed by atoms with Crippen LogP contribution in [0.1, 0.15) is 25.7 Å². The molecule has 1 atom stereocenters. The van der Waals surface area contributed by atoms with Crippen LogP contribution in [0.5, 0.6) is 0 Å². The largest absolute Gasteiger partial charge is 0.369 e. The Labute approximate surface area is 116 Å². The number of aromatic nitrogens is 3. The highest BCUT2D eigenvalue weighted by Crippen LogP contribution is 2.18. The van der Waals surface area contributed by atoms with Crippen molar-refractivity contribution >= 4 is 23.6 Å². The van der Waals surface area contributed by atoms with Crippen LogP contribution >= 0.6 is 11.8 Å². The lowest BCUT2D eigenvalue weighted by Crippen LogP contribution is -2.35. The second kappa shape index (κ2) is 7.13. The van der Waals surface area contributed by atoms with Gasteiger partial charge in [0.1, 0.15) is 12.2 Å². The van der Waals surface area contributed by atoms with E-state index in [2.05, 4.69) is 15.4 Å². The summed E-state index contributed by atoms with van der Waals surface area (Å²) < 4.78 is 1.64. The molecule has 3 N–H and O–H groups in total. The minimum absolute atomic E-state index is 0.143. The molecule has 8 heteroatoms. The predicted molar refractivity (Wildman–Crippen MR) is 73.2 cm³/mol. The first-order chi connectivity index (χ1) is 8.91. The number of aryl methyl sites for hydroxylation is 1. The summed E-state index contributed by atoms with van der Waals surface area (Å²) in [6.07, 6.45) is 1.46. The van der Waals surface area contributed by atoms with Gasteiger partial charge in [-0.3, -0.25) is 14.3 Å². The number of nitrogens with two attached hydrogens (primary N) is 1. The molecular formula is C11H19N5O2S. The Hall–Kier alpha value is -1.57. The van der Waals surface area contributed by atoms with Gasteiger partial charge < -0.3 is 11.1 Å². The number of rotatable bonds is 7. The standard InChI is InChI=1S/C11H19N5O2S/c1-7(2)10(11-13-6-14-16(11)3)15-9(18)5-19-4-8(12)17/h6-7,10H,4-5H2,1-3H3,(H2,12,17)(H,15,18)/t10-/m1/s1. The zero-order chi connectivity index (χ0) is 14.4. The summed E-state index contributed by atoms with van der Waals surface area (Å²) in [5.41, 5.74) is 5.01. The molecule has 0 aromatic carbocycles. The van der Waals surface area contributed by atoms with E-state index in [1.54, 1.807) is 11.7 Å². The lowest BCUT2D eigenvalue weighted by Gasteiger charge is -2.21. The number of nitrogens with one attached hydrogen (secondary N) is 1. The summed E-state index contributed by atoms with van der Waals surface area (Å²) in [6.45, 7) is 3.99.